The number of carbonyl (C=O) groups excluding carboxylic acids is 1. The van der Waals surface area contributed by atoms with Gasteiger partial charge in [0, 0.05) is 0 Å². The molecule has 1 N–H and O–H groups in total. The third-order valence-corrected chi connectivity index (χ3v) is 2.65. The second-order valence-corrected chi connectivity index (χ2v) is 3.26. The Hall–Kier alpha value is -0.280. The van der Waals surface area contributed by atoms with E-state index in [4.69, 9.17) is 4.74 Å². The van der Waals surface area contributed by atoms with E-state index in [1.807, 2.05) is 6.92 Å². The average Bonchev–Trinajstić information content (AvgIpc) is 2.47. The van der Waals surface area contributed by atoms with E-state index in [0.29, 0.717) is 18.4 Å². The van der Waals surface area contributed by atoms with Crippen LogP contribution in [0.4, 0.5) is 0 Å². The van der Waals surface area contributed by atoms with Crippen molar-refractivity contribution in [2.24, 2.45) is 17.8 Å². The second kappa shape index (κ2) is 3.62. The number of rotatable bonds is 2. The Balaban J connectivity index is 0.000000720. The molecule has 0 radical (unpaired) electrons. The second-order valence-electron chi connectivity index (χ2n) is 3.26. The SMILES string of the molecule is CCOC(=O)C1C2CNC[C@H]21.Cl. The fourth-order valence-electron chi connectivity index (χ4n) is 2.01. The maximum absolute atomic E-state index is 11.2. The maximum atomic E-state index is 11.2. The standard InChI is InChI=1S/C8H13NO2.ClH/c1-2-11-8(10)7-5-3-9-4-6(5)7;/h5-7,9H,2-4H2,1H3;1H/t5-,6?,7?;/m1./s1. The van der Waals surface area contributed by atoms with Crippen molar-refractivity contribution in [2.75, 3.05) is 19.7 Å². The highest BCUT2D eigenvalue weighted by Crippen LogP contribution is 2.49. The van der Waals surface area contributed by atoms with Gasteiger partial charge in [0.25, 0.3) is 0 Å². The molecule has 0 aromatic carbocycles. The van der Waals surface area contributed by atoms with Gasteiger partial charge in [-0.2, -0.15) is 0 Å². The minimum atomic E-state index is 0. The number of piperidine rings is 1. The van der Waals surface area contributed by atoms with Gasteiger partial charge in [-0.25, -0.2) is 0 Å². The molecular weight excluding hydrogens is 178 g/mol. The summed E-state index contributed by atoms with van der Waals surface area (Å²) in [6.45, 7) is 4.39. The molecule has 1 aliphatic carbocycles. The maximum Gasteiger partial charge on any atom is 0.309 e. The first kappa shape index (κ1) is 9.81. The quantitative estimate of drug-likeness (QED) is 0.644. The van der Waals surface area contributed by atoms with Crippen molar-refractivity contribution >= 4 is 18.4 Å². The van der Waals surface area contributed by atoms with Gasteiger partial charge in [-0.05, 0) is 31.8 Å². The van der Waals surface area contributed by atoms with E-state index >= 15 is 0 Å². The molecule has 12 heavy (non-hydrogen) atoms. The van der Waals surface area contributed by atoms with Gasteiger partial charge < -0.3 is 10.1 Å². The van der Waals surface area contributed by atoms with Crippen LogP contribution in [-0.2, 0) is 9.53 Å². The van der Waals surface area contributed by atoms with E-state index < -0.39 is 0 Å². The van der Waals surface area contributed by atoms with Crippen LogP contribution in [0.3, 0.4) is 0 Å². The van der Waals surface area contributed by atoms with Gasteiger partial charge in [-0.3, -0.25) is 4.79 Å². The van der Waals surface area contributed by atoms with E-state index in [-0.39, 0.29) is 24.3 Å². The number of esters is 1. The molecular formula is C8H14ClNO2. The summed E-state index contributed by atoms with van der Waals surface area (Å²) in [5.74, 6) is 1.43. The summed E-state index contributed by atoms with van der Waals surface area (Å²) in [6.07, 6.45) is 0. The highest BCUT2D eigenvalue weighted by molar-refractivity contribution is 5.85. The van der Waals surface area contributed by atoms with E-state index in [1.165, 1.54) is 0 Å². The van der Waals surface area contributed by atoms with Crippen LogP contribution < -0.4 is 5.32 Å². The topological polar surface area (TPSA) is 38.3 Å². The van der Waals surface area contributed by atoms with Gasteiger partial charge in [-0.15, -0.1) is 12.4 Å². The van der Waals surface area contributed by atoms with Crippen LogP contribution in [0.2, 0.25) is 0 Å². The molecule has 2 rings (SSSR count). The first-order valence-corrected chi connectivity index (χ1v) is 4.22. The average molecular weight is 192 g/mol. The molecule has 2 unspecified atom stereocenters. The van der Waals surface area contributed by atoms with Crippen LogP contribution in [0.15, 0.2) is 0 Å². The molecule has 70 valence electrons. The van der Waals surface area contributed by atoms with Crippen molar-refractivity contribution in [2.45, 2.75) is 6.92 Å². The smallest absolute Gasteiger partial charge is 0.309 e. The Morgan fingerprint density at radius 1 is 1.50 bits per heavy atom. The first-order valence-electron chi connectivity index (χ1n) is 4.22. The van der Waals surface area contributed by atoms with Crippen molar-refractivity contribution in [3.63, 3.8) is 0 Å². The minimum absolute atomic E-state index is 0. The van der Waals surface area contributed by atoms with Crippen molar-refractivity contribution < 1.29 is 9.53 Å². The molecule has 1 aliphatic heterocycles. The Morgan fingerprint density at radius 2 is 2.08 bits per heavy atom. The lowest BCUT2D eigenvalue weighted by Crippen LogP contribution is -2.20. The Kier molecular flexibility index (Phi) is 2.96. The molecule has 2 aliphatic rings. The molecule has 1 saturated heterocycles. The lowest BCUT2D eigenvalue weighted by atomic mass is 10.3. The van der Waals surface area contributed by atoms with Crippen molar-refractivity contribution in [3.05, 3.63) is 0 Å². The highest BCUT2D eigenvalue weighted by Gasteiger charge is 2.57. The van der Waals surface area contributed by atoms with Gasteiger partial charge in [-0.1, -0.05) is 0 Å². The molecule has 0 bridgehead atoms. The monoisotopic (exact) mass is 191 g/mol. The lowest BCUT2D eigenvalue weighted by molar-refractivity contribution is -0.145. The normalized spacial score (nSPS) is 36.6. The summed E-state index contributed by atoms with van der Waals surface area (Å²) in [6, 6.07) is 0. The number of nitrogens with one attached hydrogen (secondary N) is 1. The molecule has 1 saturated carbocycles. The summed E-state index contributed by atoms with van der Waals surface area (Å²) in [7, 11) is 0. The summed E-state index contributed by atoms with van der Waals surface area (Å²) in [5, 5.41) is 3.24. The zero-order valence-electron chi connectivity index (χ0n) is 7.08. The third-order valence-electron chi connectivity index (χ3n) is 2.65. The summed E-state index contributed by atoms with van der Waals surface area (Å²) >= 11 is 0. The van der Waals surface area contributed by atoms with Crippen molar-refractivity contribution in [3.8, 4) is 0 Å². The minimum Gasteiger partial charge on any atom is -0.466 e. The van der Waals surface area contributed by atoms with Crippen molar-refractivity contribution in [1.29, 1.82) is 0 Å². The number of carbonyl (C=O) groups is 1. The molecule has 1 heterocycles. The first-order chi connectivity index (χ1) is 5.34. The molecule has 0 aromatic rings. The predicted molar refractivity (Wildman–Crippen MR) is 47.2 cm³/mol. The summed E-state index contributed by atoms with van der Waals surface area (Å²) < 4.78 is 4.94. The zero-order chi connectivity index (χ0) is 7.84. The number of halogens is 1. The van der Waals surface area contributed by atoms with Gasteiger partial charge in [0.2, 0.25) is 0 Å². The molecule has 3 atom stereocenters. The largest absolute Gasteiger partial charge is 0.466 e. The molecule has 3 nitrogen and oxygen atoms in total. The lowest BCUT2D eigenvalue weighted by Gasteiger charge is -2.03. The summed E-state index contributed by atoms with van der Waals surface area (Å²) in [5.41, 5.74) is 0. The van der Waals surface area contributed by atoms with Crippen LogP contribution in [0.25, 0.3) is 0 Å². The van der Waals surface area contributed by atoms with Gasteiger partial charge in [0.1, 0.15) is 0 Å². The van der Waals surface area contributed by atoms with Crippen molar-refractivity contribution in [1.82, 2.24) is 5.32 Å². The molecule has 0 amide bonds. The van der Waals surface area contributed by atoms with Gasteiger partial charge >= 0.3 is 5.97 Å². The molecule has 0 aromatic heterocycles. The van der Waals surface area contributed by atoms with Crippen LogP contribution >= 0.6 is 12.4 Å². The van der Waals surface area contributed by atoms with Gasteiger partial charge in [0.15, 0.2) is 0 Å². The van der Waals surface area contributed by atoms with E-state index in [2.05, 4.69) is 5.32 Å². The highest BCUT2D eigenvalue weighted by atomic mass is 35.5. The van der Waals surface area contributed by atoms with Crippen LogP contribution in [-0.4, -0.2) is 25.7 Å². The molecule has 0 spiro atoms. The molecule has 4 heteroatoms. The summed E-state index contributed by atoms with van der Waals surface area (Å²) in [4.78, 5) is 11.2. The number of hydrogen-bond acceptors (Lipinski definition) is 3. The fourth-order valence-corrected chi connectivity index (χ4v) is 2.01. The van der Waals surface area contributed by atoms with E-state index in [1.54, 1.807) is 0 Å². The predicted octanol–water partition coefficient (Wildman–Crippen LogP) is 0.437. The Morgan fingerprint density at radius 3 is 2.58 bits per heavy atom. The number of fused-ring (bicyclic) bond motifs is 1. The fraction of sp³-hybridized carbons (Fsp3) is 0.875. The molecule has 2 fully saturated rings. The van der Waals surface area contributed by atoms with E-state index in [0.717, 1.165) is 13.1 Å². The zero-order valence-corrected chi connectivity index (χ0v) is 7.89. The third kappa shape index (κ3) is 1.43. The van der Waals surface area contributed by atoms with Crippen LogP contribution in [0.5, 0.6) is 0 Å². The van der Waals surface area contributed by atoms with E-state index in [9.17, 15) is 4.79 Å². The number of ether oxygens (including phenoxy) is 1. The van der Waals surface area contributed by atoms with Gasteiger partial charge in [0.05, 0.1) is 12.5 Å². The van der Waals surface area contributed by atoms with Crippen LogP contribution in [0, 0.1) is 17.8 Å². The van der Waals surface area contributed by atoms with Crippen LogP contribution in [0.1, 0.15) is 6.92 Å². The Bertz CT molecular complexity index is 176. The number of hydrogen-bond donors (Lipinski definition) is 1. The Labute approximate surface area is 78.3 Å².